The van der Waals surface area contributed by atoms with Crippen molar-refractivity contribution in [3.63, 3.8) is 0 Å². The molecule has 2 rings (SSSR count). The molecule has 0 aromatic rings. The van der Waals surface area contributed by atoms with Crippen molar-refractivity contribution < 1.29 is 9.53 Å². The molecule has 2 saturated heterocycles. The lowest BCUT2D eigenvalue weighted by Gasteiger charge is -2.27. The van der Waals surface area contributed by atoms with Gasteiger partial charge in [0.2, 0.25) is 0 Å². The Morgan fingerprint density at radius 2 is 2.13 bits per heavy atom. The van der Waals surface area contributed by atoms with Gasteiger partial charge in [0.25, 0.3) is 0 Å². The van der Waals surface area contributed by atoms with Crippen LogP contribution in [-0.2, 0) is 4.74 Å². The zero-order valence-electron chi connectivity index (χ0n) is 9.75. The summed E-state index contributed by atoms with van der Waals surface area (Å²) in [5, 5.41) is 3.32. The Balaban J connectivity index is 1.96. The Morgan fingerprint density at radius 1 is 1.40 bits per heavy atom. The first kappa shape index (κ1) is 10.7. The van der Waals surface area contributed by atoms with E-state index < -0.39 is 0 Å². The van der Waals surface area contributed by atoms with E-state index in [9.17, 15) is 4.79 Å². The number of amides is 1. The highest BCUT2D eigenvalue weighted by Crippen LogP contribution is 2.28. The van der Waals surface area contributed by atoms with Crippen molar-refractivity contribution in [1.82, 2.24) is 10.2 Å². The largest absolute Gasteiger partial charge is 0.444 e. The molecule has 0 aromatic heterocycles. The summed E-state index contributed by atoms with van der Waals surface area (Å²) in [7, 11) is 0. The van der Waals surface area contributed by atoms with Crippen LogP contribution in [0.25, 0.3) is 0 Å². The van der Waals surface area contributed by atoms with Crippen LogP contribution in [0.4, 0.5) is 4.79 Å². The number of hydrogen-bond acceptors (Lipinski definition) is 3. The van der Waals surface area contributed by atoms with Crippen molar-refractivity contribution in [3.8, 4) is 0 Å². The molecule has 15 heavy (non-hydrogen) atoms. The first-order valence-electron chi connectivity index (χ1n) is 5.68. The van der Waals surface area contributed by atoms with E-state index in [1.54, 1.807) is 0 Å². The van der Waals surface area contributed by atoms with Gasteiger partial charge < -0.3 is 15.0 Å². The average Bonchev–Trinajstić information content (AvgIpc) is 2.57. The van der Waals surface area contributed by atoms with E-state index in [0.29, 0.717) is 12.0 Å². The van der Waals surface area contributed by atoms with Gasteiger partial charge in [-0.05, 0) is 33.1 Å². The fraction of sp³-hybridized carbons (Fsp3) is 0.909. The number of carbonyl (C=O) groups excluding carboxylic acids is 1. The first-order valence-corrected chi connectivity index (χ1v) is 5.68. The maximum absolute atomic E-state index is 11.9. The Hall–Kier alpha value is -0.770. The second-order valence-corrected chi connectivity index (χ2v) is 5.45. The van der Waals surface area contributed by atoms with Gasteiger partial charge in [-0.1, -0.05) is 0 Å². The molecule has 1 amide bonds. The average molecular weight is 212 g/mol. The minimum absolute atomic E-state index is 0.154. The van der Waals surface area contributed by atoms with Crippen LogP contribution in [0.3, 0.4) is 0 Å². The molecular formula is C11H20N2O2. The van der Waals surface area contributed by atoms with Crippen LogP contribution in [-0.4, -0.2) is 42.3 Å². The molecule has 2 atom stereocenters. The van der Waals surface area contributed by atoms with E-state index >= 15 is 0 Å². The molecule has 0 radical (unpaired) electrons. The molecule has 86 valence electrons. The molecule has 0 saturated carbocycles. The van der Waals surface area contributed by atoms with Crippen molar-refractivity contribution >= 4 is 6.09 Å². The van der Waals surface area contributed by atoms with Crippen LogP contribution in [0.1, 0.15) is 27.2 Å². The smallest absolute Gasteiger partial charge is 0.410 e. The fourth-order valence-electron chi connectivity index (χ4n) is 2.40. The van der Waals surface area contributed by atoms with Crippen LogP contribution in [0, 0.1) is 5.92 Å². The summed E-state index contributed by atoms with van der Waals surface area (Å²) < 4.78 is 5.39. The fourth-order valence-corrected chi connectivity index (χ4v) is 2.40. The molecule has 4 heteroatoms. The number of likely N-dealkylation sites (tertiary alicyclic amines) is 1. The third-order valence-electron chi connectivity index (χ3n) is 3.07. The molecule has 0 aliphatic carbocycles. The number of rotatable bonds is 0. The standard InChI is InChI=1S/C11H20N2O2/c1-11(2,3)15-10(14)13-5-4-8-6-12-7-9(8)13/h8-9,12H,4-7H2,1-3H3/t8-,9?/m1/s1. The van der Waals surface area contributed by atoms with Crippen molar-refractivity contribution in [2.24, 2.45) is 5.92 Å². The second-order valence-electron chi connectivity index (χ2n) is 5.45. The molecule has 2 fully saturated rings. The summed E-state index contributed by atoms with van der Waals surface area (Å²) in [4.78, 5) is 13.8. The topological polar surface area (TPSA) is 41.6 Å². The van der Waals surface area contributed by atoms with Gasteiger partial charge in [0.1, 0.15) is 5.60 Å². The van der Waals surface area contributed by atoms with Gasteiger partial charge in [-0.2, -0.15) is 0 Å². The summed E-state index contributed by atoms with van der Waals surface area (Å²) in [6, 6.07) is 0.361. The number of nitrogens with zero attached hydrogens (tertiary/aromatic N) is 1. The highest BCUT2D eigenvalue weighted by molar-refractivity contribution is 5.69. The highest BCUT2D eigenvalue weighted by atomic mass is 16.6. The lowest BCUT2D eigenvalue weighted by Crippen LogP contribution is -2.42. The van der Waals surface area contributed by atoms with E-state index in [0.717, 1.165) is 26.1 Å². The molecule has 2 heterocycles. The molecule has 4 nitrogen and oxygen atoms in total. The van der Waals surface area contributed by atoms with E-state index in [-0.39, 0.29) is 11.7 Å². The number of hydrogen-bond donors (Lipinski definition) is 1. The van der Waals surface area contributed by atoms with Gasteiger partial charge in [0, 0.05) is 19.6 Å². The normalized spacial score (nSPS) is 30.5. The van der Waals surface area contributed by atoms with Gasteiger partial charge in [-0.25, -0.2) is 4.79 Å². The third-order valence-corrected chi connectivity index (χ3v) is 3.07. The number of ether oxygens (including phenoxy) is 1. The van der Waals surface area contributed by atoms with Gasteiger partial charge in [0.15, 0.2) is 0 Å². The molecule has 2 aliphatic heterocycles. The lowest BCUT2D eigenvalue weighted by atomic mass is 10.1. The molecule has 0 bridgehead atoms. The Kier molecular flexibility index (Phi) is 2.63. The molecule has 2 aliphatic rings. The molecule has 0 aromatic carbocycles. The third kappa shape index (κ3) is 2.25. The van der Waals surface area contributed by atoms with E-state index in [2.05, 4.69) is 5.32 Å². The van der Waals surface area contributed by atoms with Crippen LogP contribution in [0.15, 0.2) is 0 Å². The number of fused-ring (bicyclic) bond motifs is 1. The van der Waals surface area contributed by atoms with E-state index in [1.807, 2.05) is 25.7 Å². The Bertz CT molecular complexity index is 260. The maximum atomic E-state index is 11.9. The van der Waals surface area contributed by atoms with Crippen LogP contribution in [0.2, 0.25) is 0 Å². The van der Waals surface area contributed by atoms with Gasteiger partial charge in [-0.15, -0.1) is 0 Å². The quantitative estimate of drug-likeness (QED) is 0.656. The predicted octanol–water partition coefficient (Wildman–Crippen LogP) is 1.22. The maximum Gasteiger partial charge on any atom is 0.410 e. The van der Waals surface area contributed by atoms with E-state index in [4.69, 9.17) is 4.74 Å². The van der Waals surface area contributed by atoms with Crippen molar-refractivity contribution in [2.75, 3.05) is 19.6 Å². The van der Waals surface area contributed by atoms with Crippen LogP contribution < -0.4 is 5.32 Å². The number of carbonyl (C=O) groups is 1. The zero-order valence-corrected chi connectivity index (χ0v) is 9.75. The van der Waals surface area contributed by atoms with Gasteiger partial charge >= 0.3 is 6.09 Å². The summed E-state index contributed by atoms with van der Waals surface area (Å²) in [6.45, 7) is 8.54. The minimum Gasteiger partial charge on any atom is -0.444 e. The monoisotopic (exact) mass is 212 g/mol. The Labute approximate surface area is 91.0 Å². The van der Waals surface area contributed by atoms with Gasteiger partial charge in [-0.3, -0.25) is 0 Å². The summed E-state index contributed by atoms with van der Waals surface area (Å²) >= 11 is 0. The van der Waals surface area contributed by atoms with Crippen LogP contribution >= 0.6 is 0 Å². The zero-order chi connectivity index (χ0) is 11.1. The van der Waals surface area contributed by atoms with E-state index in [1.165, 1.54) is 0 Å². The second kappa shape index (κ2) is 3.67. The summed E-state index contributed by atoms with van der Waals surface area (Å²) in [6.07, 6.45) is 0.954. The predicted molar refractivity (Wildman–Crippen MR) is 57.7 cm³/mol. The van der Waals surface area contributed by atoms with Gasteiger partial charge in [0.05, 0.1) is 6.04 Å². The Morgan fingerprint density at radius 3 is 2.80 bits per heavy atom. The lowest BCUT2D eigenvalue weighted by molar-refractivity contribution is 0.0227. The molecular weight excluding hydrogens is 192 g/mol. The van der Waals surface area contributed by atoms with Crippen molar-refractivity contribution in [1.29, 1.82) is 0 Å². The SMILES string of the molecule is CC(C)(C)OC(=O)N1CC[C@@H]2CNCC21. The van der Waals surface area contributed by atoms with Crippen molar-refractivity contribution in [3.05, 3.63) is 0 Å². The van der Waals surface area contributed by atoms with Crippen LogP contribution in [0.5, 0.6) is 0 Å². The minimum atomic E-state index is -0.388. The summed E-state index contributed by atoms with van der Waals surface area (Å²) in [5.41, 5.74) is -0.388. The molecule has 1 N–H and O–H groups in total. The molecule has 0 spiro atoms. The highest BCUT2D eigenvalue weighted by Gasteiger charge is 2.41. The number of nitrogens with one attached hydrogen (secondary N) is 1. The summed E-state index contributed by atoms with van der Waals surface area (Å²) in [5.74, 6) is 0.637. The first-order chi connectivity index (χ1) is 6.97. The van der Waals surface area contributed by atoms with Crippen molar-refractivity contribution in [2.45, 2.75) is 38.8 Å². The molecule has 1 unspecified atom stereocenters.